The zero-order valence-corrected chi connectivity index (χ0v) is 11.5. The summed E-state index contributed by atoms with van der Waals surface area (Å²) in [5, 5.41) is 12.8. The Morgan fingerprint density at radius 3 is 2.58 bits per heavy atom. The smallest absolute Gasteiger partial charge is 0.303 e. The number of sulfonamides is 1. The Morgan fingerprint density at radius 2 is 2.11 bits per heavy atom. The van der Waals surface area contributed by atoms with E-state index in [1.165, 1.54) is 21.3 Å². The summed E-state index contributed by atoms with van der Waals surface area (Å²) in [7, 11) is -1.93. The SMILES string of the molecule is Cn1nccc1S(=O)(=O)N1CCC(CC(=O)O)CC1. The zero-order valence-electron chi connectivity index (χ0n) is 10.7. The van der Waals surface area contributed by atoms with E-state index >= 15 is 0 Å². The Labute approximate surface area is 111 Å². The molecule has 0 radical (unpaired) electrons. The third-order valence-electron chi connectivity index (χ3n) is 3.42. The van der Waals surface area contributed by atoms with Gasteiger partial charge in [0.1, 0.15) is 0 Å². The predicted octanol–water partition coefficient (Wildman–Crippen LogP) is 0.295. The van der Waals surface area contributed by atoms with E-state index in [9.17, 15) is 13.2 Å². The van der Waals surface area contributed by atoms with E-state index < -0.39 is 16.0 Å². The first-order valence-corrected chi connectivity index (χ1v) is 7.55. The molecule has 2 heterocycles. The first kappa shape index (κ1) is 14.0. The van der Waals surface area contributed by atoms with Crippen LogP contribution in [-0.2, 0) is 21.9 Å². The Hall–Kier alpha value is -1.41. The second-order valence-electron chi connectivity index (χ2n) is 4.74. The van der Waals surface area contributed by atoms with Crippen molar-refractivity contribution in [3.63, 3.8) is 0 Å². The highest BCUT2D eigenvalue weighted by atomic mass is 32.2. The van der Waals surface area contributed by atoms with Crippen LogP contribution < -0.4 is 0 Å². The molecule has 1 aliphatic rings. The molecular weight excluding hydrogens is 270 g/mol. The van der Waals surface area contributed by atoms with Crippen LogP contribution in [0.2, 0.25) is 0 Å². The van der Waals surface area contributed by atoms with Crippen LogP contribution in [0.15, 0.2) is 17.3 Å². The molecule has 0 saturated carbocycles. The standard InChI is InChI=1S/C11H17N3O4S/c1-13-10(2-5-12-13)19(17,18)14-6-3-9(4-7-14)8-11(15)16/h2,5,9H,3-4,6-8H2,1H3,(H,15,16). The van der Waals surface area contributed by atoms with E-state index in [1.54, 1.807) is 7.05 Å². The van der Waals surface area contributed by atoms with Crippen LogP contribution in [0, 0.1) is 5.92 Å². The van der Waals surface area contributed by atoms with Crippen molar-refractivity contribution in [3.05, 3.63) is 12.3 Å². The average Bonchev–Trinajstić information content (AvgIpc) is 2.76. The van der Waals surface area contributed by atoms with Gasteiger partial charge < -0.3 is 5.11 Å². The maximum Gasteiger partial charge on any atom is 0.303 e. The molecule has 0 unspecified atom stereocenters. The van der Waals surface area contributed by atoms with Crippen LogP contribution in [0.1, 0.15) is 19.3 Å². The molecule has 1 aromatic heterocycles. The zero-order chi connectivity index (χ0) is 14.0. The van der Waals surface area contributed by atoms with Gasteiger partial charge >= 0.3 is 5.97 Å². The highest BCUT2D eigenvalue weighted by molar-refractivity contribution is 7.89. The Bertz CT molecular complexity index is 558. The second kappa shape index (κ2) is 5.30. The average molecular weight is 287 g/mol. The molecule has 1 N–H and O–H groups in total. The van der Waals surface area contributed by atoms with Crippen molar-refractivity contribution in [2.24, 2.45) is 13.0 Å². The normalized spacial score (nSPS) is 18.6. The van der Waals surface area contributed by atoms with E-state index in [0.29, 0.717) is 25.9 Å². The maximum atomic E-state index is 12.3. The van der Waals surface area contributed by atoms with Gasteiger partial charge in [-0.15, -0.1) is 0 Å². The van der Waals surface area contributed by atoms with Crippen LogP contribution in [0.25, 0.3) is 0 Å². The summed E-state index contributed by atoms with van der Waals surface area (Å²) >= 11 is 0. The number of carboxylic acid groups (broad SMARTS) is 1. The summed E-state index contributed by atoms with van der Waals surface area (Å²) in [5.41, 5.74) is 0. The maximum absolute atomic E-state index is 12.3. The number of piperidine rings is 1. The summed E-state index contributed by atoms with van der Waals surface area (Å²) in [6.45, 7) is 0.733. The molecule has 1 aliphatic heterocycles. The van der Waals surface area contributed by atoms with Crippen molar-refractivity contribution in [2.75, 3.05) is 13.1 Å². The van der Waals surface area contributed by atoms with Crippen molar-refractivity contribution in [3.8, 4) is 0 Å². The van der Waals surface area contributed by atoms with E-state index in [4.69, 9.17) is 5.11 Å². The molecule has 2 rings (SSSR count). The monoisotopic (exact) mass is 287 g/mol. The molecule has 0 spiro atoms. The Balaban J connectivity index is 2.05. The number of rotatable bonds is 4. The minimum atomic E-state index is -3.51. The molecule has 1 aromatic rings. The highest BCUT2D eigenvalue weighted by Gasteiger charge is 2.31. The number of aliphatic carboxylic acids is 1. The summed E-state index contributed by atoms with van der Waals surface area (Å²) in [6.07, 6.45) is 2.73. The van der Waals surface area contributed by atoms with Crippen LogP contribution in [0.3, 0.4) is 0 Å². The van der Waals surface area contributed by atoms with Gasteiger partial charge in [0.15, 0.2) is 5.03 Å². The van der Waals surface area contributed by atoms with E-state index in [-0.39, 0.29) is 17.4 Å². The van der Waals surface area contributed by atoms with Crippen LogP contribution in [0.4, 0.5) is 0 Å². The molecule has 106 valence electrons. The quantitative estimate of drug-likeness (QED) is 0.859. The number of carbonyl (C=O) groups is 1. The number of aryl methyl sites for hydroxylation is 1. The third-order valence-corrected chi connectivity index (χ3v) is 5.39. The van der Waals surface area contributed by atoms with Crippen LogP contribution >= 0.6 is 0 Å². The lowest BCUT2D eigenvalue weighted by Gasteiger charge is -2.30. The largest absolute Gasteiger partial charge is 0.481 e. The minimum absolute atomic E-state index is 0.0653. The van der Waals surface area contributed by atoms with E-state index in [1.807, 2.05) is 0 Å². The number of hydrogen-bond donors (Lipinski definition) is 1. The van der Waals surface area contributed by atoms with E-state index in [0.717, 1.165) is 0 Å². The van der Waals surface area contributed by atoms with Gasteiger partial charge in [0.2, 0.25) is 0 Å². The topological polar surface area (TPSA) is 92.5 Å². The lowest BCUT2D eigenvalue weighted by atomic mass is 9.95. The van der Waals surface area contributed by atoms with Crippen molar-refractivity contribution in [1.82, 2.24) is 14.1 Å². The van der Waals surface area contributed by atoms with Gasteiger partial charge in [-0.25, -0.2) is 8.42 Å². The first-order chi connectivity index (χ1) is 8.91. The lowest BCUT2D eigenvalue weighted by Crippen LogP contribution is -2.39. The molecule has 8 heteroatoms. The molecule has 0 amide bonds. The van der Waals surface area contributed by atoms with Gasteiger partial charge in [-0.3, -0.25) is 9.48 Å². The molecule has 0 aromatic carbocycles. The molecule has 0 atom stereocenters. The lowest BCUT2D eigenvalue weighted by molar-refractivity contribution is -0.138. The van der Waals surface area contributed by atoms with Crippen molar-refractivity contribution >= 4 is 16.0 Å². The van der Waals surface area contributed by atoms with Gasteiger partial charge in [-0.05, 0) is 24.8 Å². The number of aromatic nitrogens is 2. The summed E-state index contributed by atoms with van der Waals surface area (Å²) in [4.78, 5) is 10.6. The van der Waals surface area contributed by atoms with E-state index in [2.05, 4.69) is 5.10 Å². The summed E-state index contributed by atoms with van der Waals surface area (Å²) in [6, 6.07) is 1.47. The second-order valence-corrected chi connectivity index (χ2v) is 6.62. The first-order valence-electron chi connectivity index (χ1n) is 6.11. The van der Waals surface area contributed by atoms with Gasteiger partial charge in [0, 0.05) is 26.6 Å². The number of carboxylic acids is 1. The number of nitrogens with zero attached hydrogens (tertiary/aromatic N) is 3. The molecule has 7 nitrogen and oxygen atoms in total. The highest BCUT2D eigenvalue weighted by Crippen LogP contribution is 2.25. The van der Waals surface area contributed by atoms with Crippen LogP contribution in [-0.4, -0.2) is 46.7 Å². The Morgan fingerprint density at radius 1 is 1.47 bits per heavy atom. The van der Waals surface area contributed by atoms with Crippen molar-refractivity contribution in [2.45, 2.75) is 24.3 Å². The summed E-state index contributed by atoms with van der Waals surface area (Å²) < 4.78 is 27.4. The fourth-order valence-corrected chi connectivity index (χ4v) is 3.92. The van der Waals surface area contributed by atoms with Crippen LogP contribution in [0.5, 0.6) is 0 Å². The molecular formula is C11H17N3O4S. The molecule has 1 saturated heterocycles. The fraction of sp³-hybridized carbons (Fsp3) is 0.636. The number of hydrogen-bond acceptors (Lipinski definition) is 4. The Kier molecular flexibility index (Phi) is 3.91. The van der Waals surface area contributed by atoms with Gasteiger partial charge in [-0.1, -0.05) is 0 Å². The molecule has 19 heavy (non-hydrogen) atoms. The van der Waals surface area contributed by atoms with Gasteiger partial charge in [0.25, 0.3) is 10.0 Å². The molecule has 0 aliphatic carbocycles. The minimum Gasteiger partial charge on any atom is -0.481 e. The summed E-state index contributed by atoms with van der Waals surface area (Å²) in [5.74, 6) is -0.761. The van der Waals surface area contributed by atoms with Gasteiger partial charge in [0.05, 0.1) is 6.20 Å². The van der Waals surface area contributed by atoms with Crippen molar-refractivity contribution in [1.29, 1.82) is 0 Å². The predicted molar refractivity (Wildman–Crippen MR) is 66.9 cm³/mol. The molecule has 1 fully saturated rings. The fourth-order valence-electron chi connectivity index (χ4n) is 2.35. The molecule has 0 bridgehead atoms. The van der Waals surface area contributed by atoms with Crippen molar-refractivity contribution < 1.29 is 18.3 Å². The van der Waals surface area contributed by atoms with Gasteiger partial charge in [-0.2, -0.15) is 9.40 Å². The third kappa shape index (κ3) is 2.95.